The number of hydrogen-bond acceptors (Lipinski definition) is 2. The van der Waals surface area contributed by atoms with Crippen LogP contribution in [-0.4, -0.2) is 12.6 Å². The summed E-state index contributed by atoms with van der Waals surface area (Å²) in [6, 6.07) is 33.2. The largest absolute Gasteiger partial charge is 0.298 e. The first-order chi connectivity index (χ1) is 16.3. The molecular weight excluding hydrogens is 404 g/mol. The number of hydrogen-bond donors (Lipinski definition) is 0. The molecule has 0 atom stereocenters. The van der Waals surface area contributed by atoms with Crippen LogP contribution in [0.1, 0.15) is 43.0 Å². The highest BCUT2D eigenvalue weighted by molar-refractivity contribution is 6.11. The molecule has 0 heterocycles. The summed E-state index contributed by atoms with van der Waals surface area (Å²) >= 11 is 0. The number of aldehydes is 2. The van der Waals surface area contributed by atoms with E-state index in [1.54, 1.807) is 0 Å². The zero-order chi connectivity index (χ0) is 22.2. The molecule has 5 aromatic carbocycles. The predicted molar refractivity (Wildman–Crippen MR) is 131 cm³/mol. The SMILES string of the molecule is O=Cc1ccc2c(c1)C1(c3ccccc3-c3ccccc31)c1cc(C=O)c3ccccc3c1-2. The average molecular weight is 422 g/mol. The topological polar surface area (TPSA) is 34.1 Å². The van der Waals surface area contributed by atoms with Crippen LogP contribution < -0.4 is 0 Å². The van der Waals surface area contributed by atoms with E-state index in [0.29, 0.717) is 11.1 Å². The van der Waals surface area contributed by atoms with E-state index in [9.17, 15) is 9.59 Å². The van der Waals surface area contributed by atoms with Crippen molar-refractivity contribution in [2.75, 3.05) is 0 Å². The lowest BCUT2D eigenvalue weighted by atomic mass is 9.70. The maximum atomic E-state index is 12.2. The van der Waals surface area contributed by atoms with Crippen LogP contribution >= 0.6 is 0 Å². The second kappa shape index (κ2) is 6.36. The van der Waals surface area contributed by atoms with Gasteiger partial charge in [0.15, 0.2) is 6.29 Å². The van der Waals surface area contributed by atoms with Gasteiger partial charge in [-0.1, -0.05) is 84.9 Å². The van der Waals surface area contributed by atoms with Crippen LogP contribution in [0, 0.1) is 0 Å². The first-order valence-electron chi connectivity index (χ1n) is 11.1. The van der Waals surface area contributed by atoms with E-state index in [0.717, 1.165) is 45.6 Å². The van der Waals surface area contributed by atoms with Crippen LogP contribution in [0.5, 0.6) is 0 Å². The minimum absolute atomic E-state index is 0.571. The third kappa shape index (κ3) is 2.08. The van der Waals surface area contributed by atoms with Crippen molar-refractivity contribution < 1.29 is 9.59 Å². The number of benzene rings is 5. The van der Waals surface area contributed by atoms with Crippen LogP contribution in [0.4, 0.5) is 0 Å². The summed E-state index contributed by atoms with van der Waals surface area (Å²) in [5, 5.41) is 2.02. The Morgan fingerprint density at radius 3 is 1.82 bits per heavy atom. The smallest absolute Gasteiger partial charge is 0.150 e. The Morgan fingerprint density at radius 2 is 1.15 bits per heavy atom. The summed E-state index contributed by atoms with van der Waals surface area (Å²) < 4.78 is 0. The van der Waals surface area contributed by atoms with Gasteiger partial charge in [-0.3, -0.25) is 9.59 Å². The molecule has 2 aliphatic rings. The summed E-state index contributed by atoms with van der Waals surface area (Å²) in [5.41, 5.74) is 10.0. The zero-order valence-electron chi connectivity index (χ0n) is 17.7. The zero-order valence-corrected chi connectivity index (χ0v) is 17.7. The monoisotopic (exact) mass is 422 g/mol. The molecule has 0 saturated heterocycles. The lowest BCUT2D eigenvalue weighted by Crippen LogP contribution is -2.26. The van der Waals surface area contributed by atoms with Crippen molar-refractivity contribution in [3.05, 3.63) is 130 Å². The van der Waals surface area contributed by atoms with Gasteiger partial charge in [-0.2, -0.15) is 0 Å². The Hall–Kier alpha value is -4.30. The Morgan fingerprint density at radius 1 is 0.515 bits per heavy atom. The number of carbonyl (C=O) groups excluding carboxylic acids is 2. The van der Waals surface area contributed by atoms with Crippen LogP contribution in [-0.2, 0) is 5.41 Å². The Kier molecular flexibility index (Phi) is 3.53. The molecule has 0 unspecified atom stereocenters. The minimum atomic E-state index is -0.571. The Labute approximate surface area is 191 Å². The fraction of sp³-hybridized carbons (Fsp3) is 0.0323. The van der Waals surface area contributed by atoms with Gasteiger partial charge >= 0.3 is 0 Å². The molecule has 5 aromatic rings. The lowest BCUT2D eigenvalue weighted by molar-refractivity contribution is 0.111. The molecule has 7 rings (SSSR count). The summed E-state index contributed by atoms with van der Waals surface area (Å²) in [7, 11) is 0. The van der Waals surface area contributed by atoms with Crippen molar-refractivity contribution in [2.24, 2.45) is 0 Å². The maximum Gasteiger partial charge on any atom is 0.150 e. The molecule has 0 saturated carbocycles. The standard InChI is InChI=1S/C31H18O2/c32-17-19-13-14-25-28(15-19)31(26-11-5-3-8-22(26)23-9-4-6-12-27(23)31)29-16-20(18-33)21-7-1-2-10-24(21)30(25)29/h1-18H. The summed E-state index contributed by atoms with van der Waals surface area (Å²) in [6.07, 6.45) is 1.88. The van der Waals surface area contributed by atoms with E-state index in [1.807, 2.05) is 30.3 Å². The summed E-state index contributed by atoms with van der Waals surface area (Å²) in [6.45, 7) is 0. The normalized spacial score (nSPS) is 13.9. The van der Waals surface area contributed by atoms with Gasteiger partial charge in [-0.05, 0) is 67.4 Å². The Bertz CT molecular complexity index is 1610. The highest BCUT2D eigenvalue weighted by atomic mass is 16.1. The van der Waals surface area contributed by atoms with E-state index in [2.05, 4.69) is 66.7 Å². The molecule has 0 aromatic heterocycles. The Balaban J connectivity index is 1.77. The van der Waals surface area contributed by atoms with Crippen LogP contribution in [0.15, 0.2) is 97.1 Å². The first kappa shape index (κ1) is 18.3. The highest BCUT2D eigenvalue weighted by Gasteiger charge is 2.52. The van der Waals surface area contributed by atoms with Gasteiger partial charge in [0.1, 0.15) is 6.29 Å². The fourth-order valence-corrected chi connectivity index (χ4v) is 6.21. The van der Waals surface area contributed by atoms with Gasteiger partial charge in [-0.15, -0.1) is 0 Å². The molecule has 0 bridgehead atoms. The first-order valence-corrected chi connectivity index (χ1v) is 11.1. The molecule has 2 aliphatic carbocycles. The van der Waals surface area contributed by atoms with Gasteiger partial charge in [0.2, 0.25) is 0 Å². The molecule has 0 amide bonds. The molecule has 1 spiro atoms. The van der Waals surface area contributed by atoms with Gasteiger partial charge < -0.3 is 0 Å². The van der Waals surface area contributed by atoms with Crippen molar-refractivity contribution in [2.45, 2.75) is 5.41 Å². The summed E-state index contributed by atoms with van der Waals surface area (Å²) in [4.78, 5) is 24.1. The van der Waals surface area contributed by atoms with Crippen molar-refractivity contribution in [3.8, 4) is 22.3 Å². The third-order valence-electron chi connectivity index (χ3n) is 7.41. The van der Waals surface area contributed by atoms with Crippen molar-refractivity contribution in [3.63, 3.8) is 0 Å². The van der Waals surface area contributed by atoms with Crippen molar-refractivity contribution >= 4 is 23.3 Å². The second-order valence-corrected chi connectivity index (χ2v) is 8.82. The molecule has 2 heteroatoms. The average Bonchev–Trinajstić information content (AvgIpc) is 3.35. The molecule has 2 nitrogen and oxygen atoms in total. The number of carbonyl (C=O) groups is 2. The second-order valence-electron chi connectivity index (χ2n) is 8.82. The fourth-order valence-electron chi connectivity index (χ4n) is 6.21. The van der Waals surface area contributed by atoms with Gasteiger partial charge in [0.05, 0.1) is 5.41 Å². The van der Waals surface area contributed by atoms with E-state index in [4.69, 9.17) is 0 Å². The molecule has 0 fully saturated rings. The van der Waals surface area contributed by atoms with Crippen LogP contribution in [0.25, 0.3) is 33.0 Å². The van der Waals surface area contributed by atoms with Crippen LogP contribution in [0.3, 0.4) is 0 Å². The molecule has 0 radical (unpaired) electrons. The highest BCUT2D eigenvalue weighted by Crippen LogP contribution is 2.63. The van der Waals surface area contributed by atoms with Crippen molar-refractivity contribution in [1.82, 2.24) is 0 Å². The van der Waals surface area contributed by atoms with E-state index >= 15 is 0 Å². The van der Waals surface area contributed by atoms with E-state index in [1.165, 1.54) is 22.3 Å². The lowest BCUT2D eigenvalue weighted by Gasteiger charge is -2.31. The minimum Gasteiger partial charge on any atom is -0.298 e. The van der Waals surface area contributed by atoms with Crippen LogP contribution in [0.2, 0.25) is 0 Å². The molecule has 154 valence electrons. The molecule has 0 N–H and O–H groups in total. The predicted octanol–water partition coefficient (Wildman–Crippen LogP) is 6.81. The van der Waals surface area contributed by atoms with Gasteiger partial charge in [0, 0.05) is 11.1 Å². The number of fused-ring (bicyclic) bond motifs is 12. The third-order valence-corrected chi connectivity index (χ3v) is 7.41. The van der Waals surface area contributed by atoms with Gasteiger partial charge in [0.25, 0.3) is 0 Å². The molecule has 33 heavy (non-hydrogen) atoms. The maximum absolute atomic E-state index is 12.2. The molecule has 0 aliphatic heterocycles. The van der Waals surface area contributed by atoms with E-state index < -0.39 is 5.41 Å². The van der Waals surface area contributed by atoms with Gasteiger partial charge in [-0.25, -0.2) is 0 Å². The number of rotatable bonds is 2. The van der Waals surface area contributed by atoms with Crippen molar-refractivity contribution in [1.29, 1.82) is 0 Å². The quantitative estimate of drug-likeness (QED) is 0.287. The van der Waals surface area contributed by atoms with E-state index in [-0.39, 0.29) is 0 Å². The molecular formula is C31H18O2. The summed E-state index contributed by atoms with van der Waals surface area (Å²) in [5.74, 6) is 0.